The normalized spacial score (nSPS) is 12.2. The molecule has 2 aromatic heterocycles. The molecular formula is C18H22N4. The fourth-order valence-electron chi connectivity index (χ4n) is 2.82. The molecule has 3 aromatic rings. The van der Waals surface area contributed by atoms with Gasteiger partial charge in [0.1, 0.15) is 5.82 Å². The van der Waals surface area contributed by atoms with Crippen molar-refractivity contribution in [3.8, 4) is 0 Å². The number of hydrogen-bond acceptors (Lipinski definition) is 3. The molecule has 0 bridgehead atoms. The molecule has 0 atom stereocenters. The van der Waals surface area contributed by atoms with Gasteiger partial charge in [-0.25, -0.2) is 0 Å². The molecule has 0 N–H and O–H groups in total. The zero-order valence-corrected chi connectivity index (χ0v) is 13.6. The zero-order chi connectivity index (χ0) is 15.7. The molecule has 4 heteroatoms. The van der Waals surface area contributed by atoms with E-state index in [9.17, 15) is 0 Å². The summed E-state index contributed by atoms with van der Waals surface area (Å²) < 4.78 is 2.08. The summed E-state index contributed by atoms with van der Waals surface area (Å²) in [5.41, 5.74) is 2.90. The molecule has 0 aliphatic rings. The minimum absolute atomic E-state index is 0.211. The summed E-state index contributed by atoms with van der Waals surface area (Å²) in [6.45, 7) is 8.75. The third-order valence-electron chi connectivity index (χ3n) is 4.06. The van der Waals surface area contributed by atoms with E-state index in [2.05, 4.69) is 71.5 Å². The van der Waals surface area contributed by atoms with Gasteiger partial charge in [0, 0.05) is 12.4 Å². The molecule has 4 nitrogen and oxygen atoms in total. The molecule has 0 unspecified atom stereocenters. The maximum Gasteiger partial charge on any atom is 0.182 e. The van der Waals surface area contributed by atoms with Gasteiger partial charge >= 0.3 is 0 Å². The average Bonchev–Trinajstić information content (AvgIpc) is 2.93. The molecule has 3 rings (SSSR count). The summed E-state index contributed by atoms with van der Waals surface area (Å²) in [6, 6.07) is 10.4. The lowest BCUT2D eigenvalue weighted by Crippen LogP contribution is -2.22. The minimum Gasteiger partial charge on any atom is -0.283 e. The highest BCUT2D eigenvalue weighted by Gasteiger charge is 2.29. The van der Waals surface area contributed by atoms with Gasteiger partial charge in [0.15, 0.2) is 5.65 Å². The van der Waals surface area contributed by atoms with Crippen LogP contribution in [0, 0.1) is 5.92 Å². The summed E-state index contributed by atoms with van der Waals surface area (Å²) in [7, 11) is 0. The van der Waals surface area contributed by atoms with Crippen molar-refractivity contribution in [2.75, 3.05) is 0 Å². The Balaban J connectivity index is 2.13. The summed E-state index contributed by atoms with van der Waals surface area (Å²) in [5.74, 6) is 1.49. The fourth-order valence-corrected chi connectivity index (χ4v) is 2.82. The monoisotopic (exact) mass is 294 g/mol. The minimum atomic E-state index is -0.211. The SMILES string of the molecule is CC(C)Cc1nccn2c(C(C)(C)c3ccccc3)nnc12. The molecule has 0 radical (unpaired) electrons. The van der Waals surface area contributed by atoms with E-state index in [1.807, 2.05) is 18.5 Å². The van der Waals surface area contributed by atoms with E-state index in [-0.39, 0.29) is 5.41 Å². The standard InChI is InChI=1S/C18H22N4/c1-13(2)12-15-16-20-21-17(22(16)11-10-19-15)18(3,4)14-8-6-5-7-9-14/h5-11,13H,12H2,1-4H3. The second-order valence-corrected chi connectivity index (χ2v) is 6.68. The highest BCUT2D eigenvalue weighted by molar-refractivity contribution is 5.45. The Hall–Kier alpha value is -2.23. The van der Waals surface area contributed by atoms with Gasteiger partial charge in [-0.05, 0) is 31.7 Å². The Morgan fingerprint density at radius 3 is 2.50 bits per heavy atom. The second-order valence-electron chi connectivity index (χ2n) is 6.68. The number of fused-ring (bicyclic) bond motifs is 1. The van der Waals surface area contributed by atoms with Crippen LogP contribution in [0.4, 0.5) is 0 Å². The van der Waals surface area contributed by atoms with Crippen molar-refractivity contribution in [3.63, 3.8) is 0 Å². The van der Waals surface area contributed by atoms with Crippen molar-refractivity contribution < 1.29 is 0 Å². The van der Waals surface area contributed by atoms with Crippen LogP contribution in [0.1, 0.15) is 44.8 Å². The van der Waals surface area contributed by atoms with Crippen molar-refractivity contribution in [2.45, 2.75) is 39.5 Å². The summed E-state index contributed by atoms with van der Waals surface area (Å²) >= 11 is 0. The fraction of sp³-hybridized carbons (Fsp3) is 0.389. The van der Waals surface area contributed by atoms with Gasteiger partial charge in [-0.15, -0.1) is 10.2 Å². The lowest BCUT2D eigenvalue weighted by Gasteiger charge is -2.23. The van der Waals surface area contributed by atoms with Crippen LogP contribution in [0.2, 0.25) is 0 Å². The maximum absolute atomic E-state index is 4.49. The van der Waals surface area contributed by atoms with Gasteiger partial charge < -0.3 is 0 Å². The first kappa shape index (κ1) is 14.7. The predicted molar refractivity (Wildman–Crippen MR) is 87.9 cm³/mol. The number of aromatic nitrogens is 4. The highest BCUT2D eigenvalue weighted by Crippen LogP contribution is 2.30. The van der Waals surface area contributed by atoms with E-state index in [1.54, 1.807) is 0 Å². The molecule has 0 aliphatic carbocycles. The van der Waals surface area contributed by atoms with E-state index < -0.39 is 0 Å². The van der Waals surface area contributed by atoms with E-state index in [0.29, 0.717) is 5.92 Å². The molecule has 0 amide bonds. The van der Waals surface area contributed by atoms with Crippen molar-refractivity contribution in [2.24, 2.45) is 5.92 Å². The van der Waals surface area contributed by atoms with Crippen LogP contribution < -0.4 is 0 Å². The summed E-state index contributed by atoms with van der Waals surface area (Å²) in [6.07, 6.45) is 4.71. The van der Waals surface area contributed by atoms with E-state index >= 15 is 0 Å². The lowest BCUT2D eigenvalue weighted by molar-refractivity contribution is 0.581. The maximum atomic E-state index is 4.49. The van der Waals surface area contributed by atoms with Crippen LogP contribution in [0.5, 0.6) is 0 Å². The Kier molecular flexibility index (Phi) is 3.69. The largest absolute Gasteiger partial charge is 0.283 e. The number of rotatable bonds is 4. The first-order valence-electron chi connectivity index (χ1n) is 7.74. The van der Waals surface area contributed by atoms with Gasteiger partial charge in [-0.2, -0.15) is 0 Å². The topological polar surface area (TPSA) is 43.1 Å². The third-order valence-corrected chi connectivity index (χ3v) is 4.06. The van der Waals surface area contributed by atoms with Gasteiger partial charge in [0.25, 0.3) is 0 Å². The zero-order valence-electron chi connectivity index (χ0n) is 13.6. The van der Waals surface area contributed by atoms with Crippen LogP contribution >= 0.6 is 0 Å². The van der Waals surface area contributed by atoms with E-state index in [0.717, 1.165) is 23.6 Å². The molecule has 0 fully saturated rings. The third kappa shape index (κ3) is 2.49. The second kappa shape index (κ2) is 5.52. The lowest BCUT2D eigenvalue weighted by atomic mass is 9.84. The van der Waals surface area contributed by atoms with E-state index in [1.165, 1.54) is 5.56 Å². The van der Waals surface area contributed by atoms with Gasteiger partial charge in [-0.3, -0.25) is 9.38 Å². The number of nitrogens with zero attached hydrogens (tertiary/aromatic N) is 4. The van der Waals surface area contributed by atoms with Crippen molar-refractivity contribution in [1.29, 1.82) is 0 Å². The molecule has 2 heterocycles. The first-order valence-corrected chi connectivity index (χ1v) is 7.74. The van der Waals surface area contributed by atoms with Crippen LogP contribution in [0.25, 0.3) is 5.65 Å². The molecule has 22 heavy (non-hydrogen) atoms. The molecular weight excluding hydrogens is 272 g/mol. The Bertz CT molecular complexity index is 772. The van der Waals surface area contributed by atoms with Crippen LogP contribution in [-0.4, -0.2) is 19.6 Å². The van der Waals surface area contributed by atoms with Crippen molar-refractivity contribution >= 4 is 5.65 Å². The first-order chi connectivity index (χ1) is 10.5. The van der Waals surface area contributed by atoms with Gasteiger partial charge in [0.2, 0.25) is 0 Å². The molecule has 114 valence electrons. The quantitative estimate of drug-likeness (QED) is 0.737. The van der Waals surface area contributed by atoms with Crippen LogP contribution in [-0.2, 0) is 11.8 Å². The molecule has 0 saturated heterocycles. The Morgan fingerprint density at radius 1 is 1.09 bits per heavy atom. The summed E-state index contributed by atoms with van der Waals surface area (Å²) in [5, 5.41) is 8.90. The molecule has 0 saturated carbocycles. The Labute approximate surface area is 131 Å². The van der Waals surface area contributed by atoms with Gasteiger partial charge in [0.05, 0.1) is 11.1 Å². The summed E-state index contributed by atoms with van der Waals surface area (Å²) in [4.78, 5) is 4.49. The van der Waals surface area contributed by atoms with Crippen LogP contribution in [0.3, 0.4) is 0 Å². The average molecular weight is 294 g/mol. The molecule has 0 aliphatic heterocycles. The number of benzene rings is 1. The van der Waals surface area contributed by atoms with Crippen molar-refractivity contribution in [3.05, 3.63) is 59.8 Å². The highest BCUT2D eigenvalue weighted by atomic mass is 15.3. The smallest absolute Gasteiger partial charge is 0.182 e. The Morgan fingerprint density at radius 2 is 1.82 bits per heavy atom. The van der Waals surface area contributed by atoms with E-state index in [4.69, 9.17) is 0 Å². The van der Waals surface area contributed by atoms with Crippen molar-refractivity contribution in [1.82, 2.24) is 19.6 Å². The molecule has 0 spiro atoms. The predicted octanol–water partition coefficient (Wildman–Crippen LogP) is 3.65. The van der Waals surface area contributed by atoms with Gasteiger partial charge in [-0.1, -0.05) is 44.2 Å². The van der Waals surface area contributed by atoms with Crippen LogP contribution in [0.15, 0.2) is 42.7 Å². The number of hydrogen-bond donors (Lipinski definition) is 0. The molecule has 1 aromatic carbocycles.